The first kappa shape index (κ1) is 25.3. The van der Waals surface area contributed by atoms with E-state index >= 15 is 0 Å². The summed E-state index contributed by atoms with van der Waals surface area (Å²) in [5, 5.41) is 3.26. The van der Waals surface area contributed by atoms with Gasteiger partial charge in [0.2, 0.25) is 15.9 Å². The highest BCUT2D eigenvalue weighted by atomic mass is 35.5. The molecule has 2 rings (SSSR count). The van der Waals surface area contributed by atoms with Gasteiger partial charge in [0.25, 0.3) is 0 Å². The Morgan fingerprint density at radius 2 is 1.77 bits per heavy atom. The average molecular weight is 487 g/mol. The Kier molecular flexibility index (Phi) is 9.95. The molecule has 2 aromatic carbocycles. The Morgan fingerprint density at radius 1 is 1.10 bits per heavy atom. The van der Waals surface area contributed by atoms with Gasteiger partial charge in [-0.3, -0.25) is 4.79 Å². The number of rotatable bonds is 12. The number of nitrogens with one attached hydrogen (secondary N) is 2. The summed E-state index contributed by atoms with van der Waals surface area (Å²) in [6.45, 7) is 0.354. The SMILES string of the molecule is COc1ccc(CCNC(=O)C(CCSC)NS(=O)(=O)c2ccc(Cl)cc2)cc1OC. The Morgan fingerprint density at radius 3 is 2.39 bits per heavy atom. The molecule has 0 aromatic heterocycles. The van der Waals surface area contributed by atoms with E-state index in [-0.39, 0.29) is 10.8 Å². The monoisotopic (exact) mass is 486 g/mol. The van der Waals surface area contributed by atoms with Gasteiger partial charge < -0.3 is 14.8 Å². The third-order valence-corrected chi connectivity index (χ3v) is 6.89. The number of carbonyl (C=O) groups excluding carboxylic acids is 1. The van der Waals surface area contributed by atoms with Crippen LogP contribution in [-0.4, -0.2) is 53.1 Å². The van der Waals surface area contributed by atoms with Crippen molar-refractivity contribution in [2.45, 2.75) is 23.8 Å². The lowest BCUT2D eigenvalue weighted by molar-refractivity contribution is -0.122. The number of thioether (sulfide) groups is 1. The lowest BCUT2D eigenvalue weighted by Crippen LogP contribution is -2.47. The third-order valence-electron chi connectivity index (χ3n) is 4.51. The Hall–Kier alpha value is -1.94. The molecule has 0 heterocycles. The van der Waals surface area contributed by atoms with Crippen molar-refractivity contribution in [1.29, 1.82) is 0 Å². The van der Waals surface area contributed by atoms with E-state index in [1.165, 1.54) is 24.3 Å². The van der Waals surface area contributed by atoms with Crippen molar-refractivity contribution in [2.75, 3.05) is 32.8 Å². The molecule has 1 atom stereocenters. The summed E-state index contributed by atoms with van der Waals surface area (Å²) in [6, 6.07) is 10.5. The minimum atomic E-state index is -3.85. The molecule has 1 unspecified atom stereocenters. The Labute approximate surface area is 192 Å². The minimum absolute atomic E-state index is 0.0594. The van der Waals surface area contributed by atoms with Crippen molar-refractivity contribution in [1.82, 2.24) is 10.0 Å². The number of amides is 1. The van der Waals surface area contributed by atoms with E-state index in [2.05, 4.69) is 10.0 Å². The van der Waals surface area contributed by atoms with E-state index in [0.717, 1.165) is 5.56 Å². The van der Waals surface area contributed by atoms with Crippen LogP contribution in [0.5, 0.6) is 11.5 Å². The van der Waals surface area contributed by atoms with Crippen LogP contribution in [-0.2, 0) is 21.2 Å². The maximum atomic E-state index is 12.7. The van der Waals surface area contributed by atoms with Crippen molar-refractivity contribution < 1.29 is 22.7 Å². The summed E-state index contributed by atoms with van der Waals surface area (Å²) < 4.78 is 38.4. The molecule has 2 aromatic rings. The molecule has 31 heavy (non-hydrogen) atoms. The Balaban J connectivity index is 2.01. The quantitative estimate of drug-likeness (QED) is 0.478. The van der Waals surface area contributed by atoms with Gasteiger partial charge in [-0.25, -0.2) is 8.42 Å². The molecular formula is C21H27ClN2O5S2. The van der Waals surface area contributed by atoms with Crippen LogP contribution in [0, 0.1) is 0 Å². The van der Waals surface area contributed by atoms with Gasteiger partial charge in [-0.15, -0.1) is 0 Å². The zero-order valence-electron chi connectivity index (χ0n) is 17.7. The largest absolute Gasteiger partial charge is 0.493 e. The first-order valence-electron chi connectivity index (χ1n) is 9.56. The van der Waals surface area contributed by atoms with Crippen molar-refractivity contribution in [3.63, 3.8) is 0 Å². The fourth-order valence-corrected chi connectivity index (χ4v) is 4.67. The van der Waals surface area contributed by atoms with Crippen LogP contribution in [0.1, 0.15) is 12.0 Å². The predicted molar refractivity (Wildman–Crippen MR) is 125 cm³/mol. The van der Waals surface area contributed by atoms with Crippen molar-refractivity contribution in [3.8, 4) is 11.5 Å². The summed E-state index contributed by atoms with van der Waals surface area (Å²) in [7, 11) is -0.726. The molecule has 0 saturated heterocycles. The average Bonchev–Trinajstić information content (AvgIpc) is 2.76. The molecule has 0 saturated carbocycles. The molecule has 0 bridgehead atoms. The minimum Gasteiger partial charge on any atom is -0.493 e. The fraction of sp³-hybridized carbons (Fsp3) is 0.381. The molecular weight excluding hydrogens is 460 g/mol. The maximum absolute atomic E-state index is 12.7. The molecule has 0 aliphatic rings. The van der Waals surface area contributed by atoms with Crippen LogP contribution >= 0.6 is 23.4 Å². The zero-order chi connectivity index (χ0) is 22.9. The predicted octanol–water partition coefficient (Wildman–Crippen LogP) is 3.12. The number of carbonyl (C=O) groups is 1. The number of methoxy groups -OCH3 is 2. The highest BCUT2D eigenvalue weighted by Gasteiger charge is 2.25. The van der Waals surface area contributed by atoms with Gasteiger partial charge in [0.1, 0.15) is 6.04 Å². The second-order valence-electron chi connectivity index (χ2n) is 6.64. The molecule has 0 aliphatic heterocycles. The van der Waals surface area contributed by atoms with E-state index in [0.29, 0.717) is 41.7 Å². The summed E-state index contributed by atoms with van der Waals surface area (Å²) in [6.07, 6.45) is 2.83. The second kappa shape index (κ2) is 12.2. The third kappa shape index (κ3) is 7.60. The topological polar surface area (TPSA) is 93.7 Å². The first-order chi connectivity index (χ1) is 14.8. The van der Waals surface area contributed by atoms with Gasteiger partial charge in [-0.05, 0) is 66.8 Å². The number of halogens is 1. The highest BCUT2D eigenvalue weighted by molar-refractivity contribution is 7.98. The molecule has 7 nitrogen and oxygen atoms in total. The molecule has 170 valence electrons. The normalized spacial score (nSPS) is 12.3. The molecule has 0 fully saturated rings. The molecule has 0 aliphatic carbocycles. The summed E-state index contributed by atoms with van der Waals surface area (Å²) in [5.41, 5.74) is 0.959. The zero-order valence-corrected chi connectivity index (χ0v) is 20.1. The van der Waals surface area contributed by atoms with Crippen LogP contribution in [0.3, 0.4) is 0 Å². The van der Waals surface area contributed by atoms with Crippen molar-refractivity contribution >= 4 is 39.3 Å². The summed E-state index contributed by atoms with van der Waals surface area (Å²) >= 11 is 7.37. The summed E-state index contributed by atoms with van der Waals surface area (Å²) in [4.78, 5) is 12.8. The smallest absolute Gasteiger partial charge is 0.241 e. The van der Waals surface area contributed by atoms with Gasteiger partial charge in [0.15, 0.2) is 11.5 Å². The first-order valence-corrected chi connectivity index (χ1v) is 12.8. The van der Waals surface area contributed by atoms with Crippen LogP contribution in [0.15, 0.2) is 47.4 Å². The molecule has 0 spiro atoms. The fourth-order valence-electron chi connectivity index (χ4n) is 2.84. The lowest BCUT2D eigenvalue weighted by atomic mass is 10.1. The van der Waals surface area contributed by atoms with Crippen LogP contribution in [0.4, 0.5) is 0 Å². The second-order valence-corrected chi connectivity index (χ2v) is 9.78. The van der Waals surface area contributed by atoms with Gasteiger partial charge in [-0.2, -0.15) is 16.5 Å². The number of sulfonamides is 1. The van der Waals surface area contributed by atoms with Gasteiger partial charge in [0.05, 0.1) is 19.1 Å². The van der Waals surface area contributed by atoms with E-state index in [1.807, 2.05) is 18.4 Å². The van der Waals surface area contributed by atoms with Crippen molar-refractivity contribution in [2.24, 2.45) is 0 Å². The molecule has 10 heteroatoms. The standard InChI is InChI=1S/C21H27ClN2O5S2/c1-28-19-9-4-15(14-20(19)29-2)10-12-23-21(25)18(11-13-30-3)24-31(26,27)17-7-5-16(22)6-8-17/h4-9,14,18,24H,10-13H2,1-3H3,(H,23,25). The van der Waals surface area contributed by atoms with Crippen LogP contribution in [0.2, 0.25) is 5.02 Å². The maximum Gasteiger partial charge on any atom is 0.241 e. The number of ether oxygens (including phenoxy) is 2. The highest BCUT2D eigenvalue weighted by Crippen LogP contribution is 2.27. The van der Waals surface area contributed by atoms with E-state index in [4.69, 9.17) is 21.1 Å². The Bertz CT molecular complexity index is 968. The van der Waals surface area contributed by atoms with Gasteiger partial charge in [0, 0.05) is 11.6 Å². The molecule has 1 amide bonds. The van der Waals surface area contributed by atoms with Gasteiger partial charge in [-0.1, -0.05) is 17.7 Å². The number of hydrogen-bond donors (Lipinski definition) is 2. The summed E-state index contributed by atoms with van der Waals surface area (Å²) in [5.74, 6) is 1.51. The molecule has 2 N–H and O–H groups in total. The van der Waals surface area contributed by atoms with Crippen LogP contribution in [0.25, 0.3) is 0 Å². The van der Waals surface area contributed by atoms with Crippen LogP contribution < -0.4 is 19.5 Å². The van der Waals surface area contributed by atoms with Crippen molar-refractivity contribution in [3.05, 3.63) is 53.1 Å². The number of benzene rings is 2. The van der Waals surface area contributed by atoms with Gasteiger partial charge >= 0.3 is 0 Å². The van der Waals surface area contributed by atoms with E-state index in [1.54, 1.807) is 32.0 Å². The van der Waals surface area contributed by atoms with E-state index in [9.17, 15) is 13.2 Å². The number of hydrogen-bond acceptors (Lipinski definition) is 6. The lowest BCUT2D eigenvalue weighted by Gasteiger charge is -2.18. The molecule has 0 radical (unpaired) electrons. The van der Waals surface area contributed by atoms with E-state index < -0.39 is 16.1 Å².